The number of amides is 1. The molecule has 0 saturated heterocycles. The lowest BCUT2D eigenvalue weighted by atomic mass is 10.1. The van der Waals surface area contributed by atoms with Crippen molar-refractivity contribution in [1.29, 1.82) is 5.26 Å². The van der Waals surface area contributed by atoms with Gasteiger partial charge in [0, 0.05) is 24.3 Å². The average Bonchev–Trinajstić information content (AvgIpc) is 2.36. The number of rotatable bonds is 4. The van der Waals surface area contributed by atoms with Gasteiger partial charge in [-0.2, -0.15) is 5.26 Å². The van der Waals surface area contributed by atoms with Crippen molar-refractivity contribution >= 4 is 23.3 Å². The maximum atomic E-state index is 11.3. The summed E-state index contributed by atoms with van der Waals surface area (Å²) in [6.07, 6.45) is 1.40. The highest BCUT2D eigenvalue weighted by Gasteiger charge is 2.11. The summed E-state index contributed by atoms with van der Waals surface area (Å²) in [4.78, 5) is 31.3. The van der Waals surface area contributed by atoms with Crippen LogP contribution in [0.25, 0.3) is 0 Å². The quantitative estimate of drug-likeness (QED) is 0.472. The molecule has 2 N–H and O–H groups in total. The fourth-order valence-corrected chi connectivity index (χ4v) is 1.17. The molecule has 0 bridgehead atoms. The van der Waals surface area contributed by atoms with Crippen molar-refractivity contribution in [3.05, 3.63) is 46.0 Å². The summed E-state index contributed by atoms with van der Waals surface area (Å²) in [6.45, 7) is 0. The Hall–Kier alpha value is -3.21. The summed E-state index contributed by atoms with van der Waals surface area (Å²) in [6, 6.07) is 5.03. The van der Waals surface area contributed by atoms with Crippen LogP contribution in [-0.2, 0) is 9.59 Å². The first-order valence-electron chi connectivity index (χ1n) is 4.84. The molecule has 0 unspecified atom stereocenters. The Morgan fingerprint density at radius 2 is 2.11 bits per heavy atom. The molecule has 1 aromatic rings. The van der Waals surface area contributed by atoms with Gasteiger partial charge < -0.3 is 10.4 Å². The number of non-ortho nitro benzene ring substituents is 1. The number of nitriles is 1. The van der Waals surface area contributed by atoms with Gasteiger partial charge in [-0.15, -0.1) is 0 Å². The summed E-state index contributed by atoms with van der Waals surface area (Å²) >= 11 is 0. The molecule has 0 spiro atoms. The van der Waals surface area contributed by atoms with Crippen LogP contribution in [-0.4, -0.2) is 21.9 Å². The molecule has 0 atom stereocenters. The van der Waals surface area contributed by atoms with Gasteiger partial charge in [0.05, 0.1) is 16.2 Å². The van der Waals surface area contributed by atoms with Gasteiger partial charge in [0.2, 0.25) is 5.91 Å². The number of carbonyl (C=O) groups is 2. The number of carboxylic acid groups (broad SMARTS) is 1. The lowest BCUT2D eigenvalue weighted by Gasteiger charge is -2.03. The highest BCUT2D eigenvalue weighted by Crippen LogP contribution is 2.21. The summed E-state index contributed by atoms with van der Waals surface area (Å²) < 4.78 is 0. The zero-order valence-electron chi connectivity index (χ0n) is 9.36. The first-order chi connectivity index (χ1) is 8.93. The van der Waals surface area contributed by atoms with E-state index in [2.05, 4.69) is 5.32 Å². The summed E-state index contributed by atoms with van der Waals surface area (Å²) in [7, 11) is 0. The molecule has 0 radical (unpaired) electrons. The molecule has 1 amide bonds. The van der Waals surface area contributed by atoms with E-state index in [1.807, 2.05) is 0 Å². The van der Waals surface area contributed by atoms with E-state index in [4.69, 9.17) is 10.4 Å². The van der Waals surface area contributed by atoms with E-state index >= 15 is 0 Å². The van der Waals surface area contributed by atoms with Crippen LogP contribution in [0.2, 0.25) is 0 Å². The second-order valence-electron chi connectivity index (χ2n) is 3.26. The molecule has 0 aliphatic rings. The smallest absolute Gasteiger partial charge is 0.328 e. The molecule has 96 valence electrons. The van der Waals surface area contributed by atoms with Crippen molar-refractivity contribution in [1.82, 2.24) is 0 Å². The minimum Gasteiger partial charge on any atom is -0.478 e. The molecule has 1 rings (SSSR count). The number of aliphatic carboxylic acids is 1. The van der Waals surface area contributed by atoms with Crippen molar-refractivity contribution < 1.29 is 19.6 Å². The predicted octanol–water partition coefficient (Wildman–Crippen LogP) is 1.05. The third kappa shape index (κ3) is 3.94. The molecule has 0 fully saturated rings. The molecule has 0 aliphatic heterocycles. The highest BCUT2D eigenvalue weighted by atomic mass is 16.6. The lowest BCUT2D eigenvalue weighted by molar-refractivity contribution is -0.384. The van der Waals surface area contributed by atoms with Crippen LogP contribution >= 0.6 is 0 Å². The zero-order valence-corrected chi connectivity index (χ0v) is 9.36. The first-order valence-corrected chi connectivity index (χ1v) is 4.84. The minimum atomic E-state index is -1.29. The fourth-order valence-electron chi connectivity index (χ4n) is 1.17. The molecule has 8 heteroatoms. The zero-order chi connectivity index (χ0) is 14.4. The minimum absolute atomic E-state index is 0.0631. The number of hydrogen-bond acceptors (Lipinski definition) is 5. The molecule has 0 aromatic heterocycles. The lowest BCUT2D eigenvalue weighted by Crippen LogP contribution is -2.10. The third-order valence-corrected chi connectivity index (χ3v) is 1.97. The number of nitro benzene ring substituents is 1. The van der Waals surface area contributed by atoms with E-state index in [0.29, 0.717) is 6.08 Å². The van der Waals surface area contributed by atoms with Crippen molar-refractivity contribution in [2.24, 2.45) is 0 Å². The molecule has 0 heterocycles. The van der Waals surface area contributed by atoms with E-state index in [-0.39, 0.29) is 16.9 Å². The maximum absolute atomic E-state index is 11.3. The number of nitro groups is 1. The molecular formula is C11H7N3O5. The topological polar surface area (TPSA) is 133 Å². The van der Waals surface area contributed by atoms with Gasteiger partial charge in [-0.3, -0.25) is 14.9 Å². The molecule has 0 aliphatic carbocycles. The summed E-state index contributed by atoms with van der Waals surface area (Å²) in [5.74, 6) is -2.05. The van der Waals surface area contributed by atoms with E-state index in [9.17, 15) is 19.7 Å². The molecule has 19 heavy (non-hydrogen) atoms. The number of carboxylic acids is 1. The Labute approximate surface area is 106 Å². The number of hydrogen-bond donors (Lipinski definition) is 2. The van der Waals surface area contributed by atoms with Gasteiger partial charge in [-0.1, -0.05) is 0 Å². The standard InChI is InChI=1S/C11H7N3O5/c12-6-7-5-8(14(18)19)1-2-9(7)13-10(15)3-4-11(16)17/h1-5H,(H,13,15)(H,16,17)/b4-3+. The van der Waals surface area contributed by atoms with E-state index in [1.165, 1.54) is 6.07 Å². The Bertz CT molecular complexity index is 615. The molecule has 0 saturated carbocycles. The van der Waals surface area contributed by atoms with E-state index < -0.39 is 16.8 Å². The largest absolute Gasteiger partial charge is 0.478 e. The number of nitrogens with zero attached hydrogens (tertiary/aromatic N) is 2. The van der Waals surface area contributed by atoms with Gasteiger partial charge in [0.25, 0.3) is 5.69 Å². The van der Waals surface area contributed by atoms with Gasteiger partial charge in [0.15, 0.2) is 0 Å². The van der Waals surface area contributed by atoms with Crippen molar-refractivity contribution in [3.8, 4) is 6.07 Å². The second-order valence-corrected chi connectivity index (χ2v) is 3.26. The number of anilines is 1. The Balaban J connectivity index is 2.96. The van der Waals surface area contributed by atoms with Crippen molar-refractivity contribution in [2.45, 2.75) is 0 Å². The van der Waals surface area contributed by atoms with Crippen LogP contribution in [0.5, 0.6) is 0 Å². The van der Waals surface area contributed by atoms with E-state index in [0.717, 1.165) is 18.2 Å². The number of benzene rings is 1. The third-order valence-electron chi connectivity index (χ3n) is 1.97. The average molecular weight is 261 g/mol. The highest BCUT2D eigenvalue weighted by molar-refractivity contribution is 6.03. The van der Waals surface area contributed by atoms with Crippen LogP contribution in [0.15, 0.2) is 30.4 Å². The van der Waals surface area contributed by atoms with Gasteiger partial charge in [0.1, 0.15) is 6.07 Å². The molecule has 1 aromatic carbocycles. The van der Waals surface area contributed by atoms with Gasteiger partial charge in [-0.05, 0) is 6.07 Å². The Morgan fingerprint density at radius 3 is 2.63 bits per heavy atom. The monoisotopic (exact) mass is 261 g/mol. The maximum Gasteiger partial charge on any atom is 0.328 e. The van der Waals surface area contributed by atoms with Crippen LogP contribution in [0.1, 0.15) is 5.56 Å². The van der Waals surface area contributed by atoms with Crippen LogP contribution in [0.3, 0.4) is 0 Å². The second kappa shape index (κ2) is 5.92. The van der Waals surface area contributed by atoms with Gasteiger partial charge >= 0.3 is 5.97 Å². The SMILES string of the molecule is N#Cc1cc([N+](=O)[O-])ccc1NC(=O)/C=C/C(=O)O. The van der Waals surface area contributed by atoms with Crippen LogP contribution in [0, 0.1) is 21.4 Å². The Morgan fingerprint density at radius 1 is 1.42 bits per heavy atom. The number of nitrogens with one attached hydrogen (secondary N) is 1. The van der Waals surface area contributed by atoms with Crippen LogP contribution < -0.4 is 5.32 Å². The first kappa shape index (κ1) is 13.9. The summed E-state index contributed by atoms with van der Waals surface area (Å²) in [5.41, 5.74) is -0.310. The van der Waals surface area contributed by atoms with Crippen molar-refractivity contribution in [2.75, 3.05) is 5.32 Å². The van der Waals surface area contributed by atoms with Gasteiger partial charge in [-0.25, -0.2) is 4.79 Å². The molecule has 8 nitrogen and oxygen atoms in total. The number of carbonyl (C=O) groups excluding carboxylic acids is 1. The summed E-state index contributed by atoms with van der Waals surface area (Å²) in [5, 5.41) is 29.9. The molecular weight excluding hydrogens is 254 g/mol. The van der Waals surface area contributed by atoms with Crippen LogP contribution in [0.4, 0.5) is 11.4 Å². The normalized spacial score (nSPS) is 9.84. The Kier molecular flexibility index (Phi) is 4.32. The fraction of sp³-hybridized carbons (Fsp3) is 0. The van der Waals surface area contributed by atoms with E-state index in [1.54, 1.807) is 6.07 Å². The predicted molar refractivity (Wildman–Crippen MR) is 63.2 cm³/mol. The van der Waals surface area contributed by atoms with Crippen molar-refractivity contribution in [3.63, 3.8) is 0 Å².